The third-order valence-electron chi connectivity index (χ3n) is 3.52. The van der Waals surface area contributed by atoms with Gasteiger partial charge in [-0.2, -0.15) is 0 Å². The summed E-state index contributed by atoms with van der Waals surface area (Å²) in [6.45, 7) is 5.74. The monoisotopic (exact) mass is 342 g/mol. The molecule has 0 saturated heterocycles. The Bertz CT molecular complexity index is 790. The van der Waals surface area contributed by atoms with E-state index in [2.05, 4.69) is 16.0 Å². The van der Waals surface area contributed by atoms with Crippen molar-refractivity contribution in [1.29, 1.82) is 0 Å². The summed E-state index contributed by atoms with van der Waals surface area (Å²) < 4.78 is 4.86. The molecule has 7 heteroatoms. The van der Waals surface area contributed by atoms with Crippen molar-refractivity contribution < 1.29 is 14.3 Å². The number of hydrogen-bond donors (Lipinski definition) is 4. The van der Waals surface area contributed by atoms with Gasteiger partial charge < -0.3 is 21.1 Å². The number of aryl methyl sites for hydroxylation is 2. The first-order valence-corrected chi connectivity index (χ1v) is 7.87. The van der Waals surface area contributed by atoms with Gasteiger partial charge in [0.15, 0.2) is 0 Å². The van der Waals surface area contributed by atoms with Crippen LogP contribution in [0.15, 0.2) is 36.4 Å². The lowest BCUT2D eigenvalue weighted by molar-refractivity contribution is 0.168. The lowest BCUT2D eigenvalue weighted by atomic mass is 10.1. The van der Waals surface area contributed by atoms with Crippen LogP contribution in [0.4, 0.5) is 32.3 Å². The normalized spacial score (nSPS) is 10.0. The first kappa shape index (κ1) is 18.1. The van der Waals surface area contributed by atoms with Crippen molar-refractivity contribution in [2.24, 2.45) is 0 Å². The molecule has 0 unspecified atom stereocenters. The smallest absolute Gasteiger partial charge is 0.411 e. The molecular weight excluding hydrogens is 320 g/mol. The van der Waals surface area contributed by atoms with Crippen LogP contribution in [0.5, 0.6) is 0 Å². The Morgan fingerprint density at radius 1 is 0.960 bits per heavy atom. The van der Waals surface area contributed by atoms with Crippen molar-refractivity contribution in [3.8, 4) is 0 Å². The number of carbonyl (C=O) groups is 2. The fourth-order valence-electron chi connectivity index (χ4n) is 2.17. The Morgan fingerprint density at radius 2 is 1.60 bits per heavy atom. The summed E-state index contributed by atoms with van der Waals surface area (Å²) in [7, 11) is 0. The fourth-order valence-corrected chi connectivity index (χ4v) is 2.17. The number of nitrogen functional groups attached to an aromatic ring is 1. The summed E-state index contributed by atoms with van der Waals surface area (Å²) in [6, 6.07) is 10.1. The van der Waals surface area contributed by atoms with Gasteiger partial charge in [0.1, 0.15) is 0 Å². The van der Waals surface area contributed by atoms with Gasteiger partial charge in [0, 0.05) is 22.7 Å². The van der Waals surface area contributed by atoms with E-state index in [1.165, 1.54) is 0 Å². The van der Waals surface area contributed by atoms with Gasteiger partial charge in [-0.05, 0) is 56.2 Å². The predicted octanol–water partition coefficient (Wildman–Crippen LogP) is 4.10. The lowest BCUT2D eigenvalue weighted by Crippen LogP contribution is -2.20. The Morgan fingerprint density at radius 3 is 2.28 bits per heavy atom. The quantitative estimate of drug-likeness (QED) is 0.628. The molecule has 2 aromatic rings. The summed E-state index contributed by atoms with van der Waals surface area (Å²) >= 11 is 0. The molecule has 7 nitrogen and oxygen atoms in total. The van der Waals surface area contributed by atoms with E-state index >= 15 is 0 Å². The van der Waals surface area contributed by atoms with E-state index in [4.69, 9.17) is 10.5 Å². The van der Waals surface area contributed by atoms with E-state index < -0.39 is 12.1 Å². The zero-order valence-electron chi connectivity index (χ0n) is 14.5. The van der Waals surface area contributed by atoms with E-state index in [1.54, 1.807) is 37.3 Å². The second-order valence-corrected chi connectivity index (χ2v) is 5.53. The van der Waals surface area contributed by atoms with Crippen LogP contribution in [0, 0.1) is 13.8 Å². The molecule has 5 N–H and O–H groups in total. The Labute approximate surface area is 146 Å². The van der Waals surface area contributed by atoms with Crippen LogP contribution in [-0.2, 0) is 4.74 Å². The molecule has 0 spiro atoms. The van der Waals surface area contributed by atoms with E-state index in [1.807, 2.05) is 19.9 Å². The Balaban J connectivity index is 2.07. The maximum atomic E-state index is 12.2. The molecule has 2 aromatic carbocycles. The molecule has 0 aliphatic heterocycles. The first-order chi connectivity index (χ1) is 11.9. The molecule has 0 heterocycles. The highest BCUT2D eigenvalue weighted by Crippen LogP contribution is 2.22. The number of urea groups is 1. The maximum absolute atomic E-state index is 12.2. The minimum absolute atomic E-state index is 0.283. The van der Waals surface area contributed by atoms with Crippen LogP contribution >= 0.6 is 0 Å². The summed E-state index contributed by atoms with van der Waals surface area (Å²) in [5.41, 5.74) is 9.80. The molecular formula is C18H22N4O3. The van der Waals surface area contributed by atoms with Crippen LogP contribution in [-0.4, -0.2) is 18.7 Å². The van der Waals surface area contributed by atoms with Crippen molar-refractivity contribution in [3.05, 3.63) is 47.5 Å². The van der Waals surface area contributed by atoms with Gasteiger partial charge >= 0.3 is 12.1 Å². The number of amides is 3. The van der Waals surface area contributed by atoms with Crippen LogP contribution in [0.1, 0.15) is 18.1 Å². The Kier molecular flexibility index (Phi) is 5.84. The predicted molar refractivity (Wildman–Crippen MR) is 100 cm³/mol. The fraction of sp³-hybridized carbons (Fsp3) is 0.222. The van der Waals surface area contributed by atoms with Crippen molar-refractivity contribution in [2.75, 3.05) is 28.3 Å². The van der Waals surface area contributed by atoms with Gasteiger partial charge in [-0.25, -0.2) is 9.59 Å². The van der Waals surface area contributed by atoms with Crippen molar-refractivity contribution in [3.63, 3.8) is 0 Å². The SMILES string of the molecule is CCOC(=O)Nc1cc(NC(=O)Nc2cc(N)ccc2C)ccc1C. The molecule has 132 valence electrons. The van der Waals surface area contributed by atoms with Gasteiger partial charge in [0.2, 0.25) is 0 Å². The molecule has 0 radical (unpaired) electrons. The lowest BCUT2D eigenvalue weighted by Gasteiger charge is -2.13. The molecule has 3 amide bonds. The van der Waals surface area contributed by atoms with Gasteiger partial charge in [0.05, 0.1) is 6.61 Å². The molecule has 0 aliphatic carbocycles. The summed E-state index contributed by atoms with van der Waals surface area (Å²) in [6.07, 6.45) is -0.539. The molecule has 0 fully saturated rings. The highest BCUT2D eigenvalue weighted by molar-refractivity contribution is 6.01. The highest BCUT2D eigenvalue weighted by atomic mass is 16.5. The topological polar surface area (TPSA) is 105 Å². The third-order valence-corrected chi connectivity index (χ3v) is 3.52. The number of nitrogens with one attached hydrogen (secondary N) is 3. The second-order valence-electron chi connectivity index (χ2n) is 5.53. The molecule has 0 bridgehead atoms. The van der Waals surface area contributed by atoms with Crippen molar-refractivity contribution in [2.45, 2.75) is 20.8 Å². The molecule has 2 rings (SSSR count). The van der Waals surface area contributed by atoms with Crippen LogP contribution in [0.25, 0.3) is 0 Å². The van der Waals surface area contributed by atoms with Crippen LogP contribution < -0.4 is 21.7 Å². The average molecular weight is 342 g/mol. The molecule has 0 atom stereocenters. The van der Waals surface area contributed by atoms with Crippen LogP contribution in [0.2, 0.25) is 0 Å². The number of carbonyl (C=O) groups excluding carboxylic acids is 2. The zero-order chi connectivity index (χ0) is 18.4. The molecule has 0 aromatic heterocycles. The number of ether oxygens (including phenoxy) is 1. The molecule has 0 saturated carbocycles. The third kappa shape index (κ3) is 5.13. The van der Waals surface area contributed by atoms with Crippen LogP contribution in [0.3, 0.4) is 0 Å². The standard InChI is InChI=1S/C18H22N4O3/c1-4-25-18(24)22-16-10-14(8-6-12(16)3)20-17(23)21-15-9-13(19)7-5-11(15)2/h5-10H,4,19H2,1-3H3,(H,22,24)(H2,20,21,23). The molecule has 0 aliphatic rings. The second kappa shape index (κ2) is 8.05. The highest BCUT2D eigenvalue weighted by Gasteiger charge is 2.09. The first-order valence-electron chi connectivity index (χ1n) is 7.87. The van der Waals surface area contributed by atoms with E-state index in [-0.39, 0.29) is 6.61 Å². The van der Waals surface area contributed by atoms with Gasteiger partial charge in [0.25, 0.3) is 0 Å². The summed E-state index contributed by atoms with van der Waals surface area (Å²) in [4.78, 5) is 23.8. The Hall–Kier alpha value is -3.22. The van der Waals surface area contributed by atoms with E-state index in [0.29, 0.717) is 22.7 Å². The van der Waals surface area contributed by atoms with Gasteiger partial charge in [-0.3, -0.25) is 5.32 Å². The molecule has 25 heavy (non-hydrogen) atoms. The number of benzene rings is 2. The average Bonchev–Trinajstić information content (AvgIpc) is 2.54. The van der Waals surface area contributed by atoms with Crippen molar-refractivity contribution >= 4 is 34.9 Å². The summed E-state index contributed by atoms with van der Waals surface area (Å²) in [5, 5.41) is 8.12. The number of rotatable bonds is 4. The number of hydrogen-bond acceptors (Lipinski definition) is 4. The minimum atomic E-state index is -0.539. The number of anilines is 4. The zero-order valence-corrected chi connectivity index (χ0v) is 14.5. The minimum Gasteiger partial charge on any atom is -0.450 e. The maximum Gasteiger partial charge on any atom is 0.411 e. The largest absolute Gasteiger partial charge is 0.450 e. The van der Waals surface area contributed by atoms with E-state index in [0.717, 1.165) is 11.1 Å². The van der Waals surface area contributed by atoms with Crippen molar-refractivity contribution in [1.82, 2.24) is 0 Å². The van der Waals surface area contributed by atoms with Gasteiger partial charge in [-0.15, -0.1) is 0 Å². The number of nitrogens with two attached hydrogens (primary N) is 1. The van der Waals surface area contributed by atoms with E-state index in [9.17, 15) is 9.59 Å². The van der Waals surface area contributed by atoms with Gasteiger partial charge in [-0.1, -0.05) is 12.1 Å². The summed E-state index contributed by atoms with van der Waals surface area (Å²) in [5.74, 6) is 0.